The van der Waals surface area contributed by atoms with Gasteiger partial charge in [-0.2, -0.15) is 0 Å². The van der Waals surface area contributed by atoms with E-state index < -0.39 is 0 Å². The minimum Gasteiger partial charge on any atom is -0.369 e. The number of aldehydes is 1. The summed E-state index contributed by atoms with van der Waals surface area (Å²) < 4.78 is 2.46. The zero-order valence-electron chi connectivity index (χ0n) is 18.5. The van der Waals surface area contributed by atoms with Crippen LogP contribution < -0.4 is 4.90 Å². The van der Waals surface area contributed by atoms with E-state index in [2.05, 4.69) is 56.8 Å². The summed E-state index contributed by atoms with van der Waals surface area (Å²) in [5.41, 5.74) is 5.77. The number of halogens is 2. The molecule has 33 heavy (non-hydrogen) atoms. The van der Waals surface area contributed by atoms with Crippen LogP contribution in [0.4, 0.5) is 5.69 Å². The van der Waals surface area contributed by atoms with E-state index in [1.807, 2.05) is 6.08 Å². The first kappa shape index (κ1) is 22.5. The van der Waals surface area contributed by atoms with Crippen molar-refractivity contribution in [2.75, 3.05) is 36.3 Å². The Labute approximate surface area is 204 Å². The summed E-state index contributed by atoms with van der Waals surface area (Å²) in [6.07, 6.45) is 7.72. The highest BCUT2D eigenvalue weighted by Gasteiger charge is 2.39. The highest BCUT2D eigenvalue weighted by atomic mass is 35.5. The molecule has 0 amide bonds. The first-order valence-corrected chi connectivity index (χ1v) is 12.7. The van der Waals surface area contributed by atoms with E-state index in [0.717, 1.165) is 62.0 Å². The van der Waals surface area contributed by atoms with Crippen LogP contribution in [0.1, 0.15) is 42.0 Å². The molecule has 5 nitrogen and oxygen atoms in total. The Hall–Kier alpha value is -2.34. The molecule has 5 rings (SSSR count). The molecular weight excluding hydrogens is 455 g/mol. The predicted octanol–water partition coefficient (Wildman–Crippen LogP) is 5.42. The lowest BCUT2D eigenvalue weighted by Crippen LogP contribution is -2.37. The lowest BCUT2D eigenvalue weighted by molar-refractivity contribution is -0.104. The second-order valence-corrected chi connectivity index (χ2v) is 9.42. The molecule has 0 N–H and O–H groups in total. The molecule has 0 bridgehead atoms. The molecule has 2 aliphatic heterocycles. The summed E-state index contributed by atoms with van der Waals surface area (Å²) in [4.78, 5) is 20.5. The third-order valence-electron chi connectivity index (χ3n) is 6.88. The van der Waals surface area contributed by atoms with Gasteiger partial charge in [-0.25, -0.2) is 4.98 Å². The van der Waals surface area contributed by atoms with Crippen LogP contribution in [-0.4, -0.2) is 52.1 Å². The molecule has 2 aliphatic rings. The smallest absolute Gasteiger partial charge is 0.142 e. The Morgan fingerprint density at radius 1 is 1.06 bits per heavy atom. The molecule has 3 aromatic rings. The molecule has 0 saturated carbocycles. The SMILES string of the molecule is O=C/C=C/c1ccc(C2CCC3N2CCc2nc4cc(N(CCCl)CCCl)ccc4n23)cc1. The molecule has 0 aliphatic carbocycles. The zero-order chi connectivity index (χ0) is 22.8. The topological polar surface area (TPSA) is 41.4 Å². The molecule has 172 valence electrons. The Bertz CT molecular complexity index is 1150. The summed E-state index contributed by atoms with van der Waals surface area (Å²) in [5, 5.41) is 0. The van der Waals surface area contributed by atoms with Gasteiger partial charge in [0.05, 0.1) is 17.2 Å². The van der Waals surface area contributed by atoms with Gasteiger partial charge in [-0.3, -0.25) is 9.69 Å². The number of imidazole rings is 1. The van der Waals surface area contributed by atoms with Crippen molar-refractivity contribution in [2.45, 2.75) is 31.5 Å². The van der Waals surface area contributed by atoms with Gasteiger partial charge in [0.1, 0.15) is 12.1 Å². The van der Waals surface area contributed by atoms with Crippen molar-refractivity contribution in [3.63, 3.8) is 0 Å². The van der Waals surface area contributed by atoms with Crippen LogP contribution in [0.2, 0.25) is 0 Å². The number of aromatic nitrogens is 2. The van der Waals surface area contributed by atoms with Crippen LogP contribution in [0, 0.1) is 0 Å². The van der Waals surface area contributed by atoms with Gasteiger partial charge in [0, 0.05) is 49.5 Å². The quantitative estimate of drug-likeness (QED) is 0.244. The monoisotopic (exact) mass is 482 g/mol. The highest BCUT2D eigenvalue weighted by Crippen LogP contribution is 2.45. The Morgan fingerprint density at radius 3 is 2.58 bits per heavy atom. The van der Waals surface area contributed by atoms with Crippen LogP contribution >= 0.6 is 23.2 Å². The van der Waals surface area contributed by atoms with Crippen molar-refractivity contribution < 1.29 is 4.79 Å². The number of alkyl halides is 2. The van der Waals surface area contributed by atoms with Crippen LogP contribution in [0.15, 0.2) is 48.5 Å². The van der Waals surface area contributed by atoms with Crippen LogP contribution in [0.5, 0.6) is 0 Å². The fourth-order valence-electron chi connectivity index (χ4n) is 5.41. The van der Waals surface area contributed by atoms with E-state index in [1.54, 1.807) is 0 Å². The molecule has 0 radical (unpaired) electrons. The maximum absolute atomic E-state index is 10.6. The fourth-order valence-corrected chi connectivity index (χ4v) is 5.82. The van der Waals surface area contributed by atoms with Gasteiger partial charge in [0.25, 0.3) is 0 Å². The molecule has 3 heterocycles. The molecule has 2 aromatic carbocycles. The summed E-state index contributed by atoms with van der Waals surface area (Å²) in [7, 11) is 0. The number of nitrogens with zero attached hydrogens (tertiary/aromatic N) is 4. The van der Waals surface area contributed by atoms with Gasteiger partial charge in [-0.05, 0) is 48.2 Å². The average Bonchev–Trinajstić information content (AvgIpc) is 3.43. The second-order valence-electron chi connectivity index (χ2n) is 8.66. The van der Waals surface area contributed by atoms with E-state index in [0.29, 0.717) is 24.0 Å². The third kappa shape index (κ3) is 4.30. The second kappa shape index (κ2) is 9.88. The summed E-state index contributed by atoms with van der Waals surface area (Å²) >= 11 is 12.0. The minimum absolute atomic E-state index is 0.339. The van der Waals surface area contributed by atoms with Crippen molar-refractivity contribution in [1.82, 2.24) is 14.5 Å². The maximum atomic E-state index is 10.6. The van der Waals surface area contributed by atoms with Crippen molar-refractivity contribution in [1.29, 1.82) is 0 Å². The number of hydrogen-bond donors (Lipinski definition) is 0. The lowest BCUT2D eigenvalue weighted by atomic mass is 10.0. The summed E-state index contributed by atoms with van der Waals surface area (Å²) in [6.45, 7) is 2.56. The number of allylic oxidation sites excluding steroid dienone is 1. The predicted molar refractivity (Wildman–Crippen MR) is 136 cm³/mol. The Morgan fingerprint density at radius 2 is 1.85 bits per heavy atom. The molecule has 1 aromatic heterocycles. The first-order chi connectivity index (χ1) is 16.2. The number of benzene rings is 2. The van der Waals surface area contributed by atoms with Gasteiger partial charge < -0.3 is 9.47 Å². The van der Waals surface area contributed by atoms with E-state index >= 15 is 0 Å². The Kier molecular flexibility index (Phi) is 6.72. The third-order valence-corrected chi connectivity index (χ3v) is 7.22. The molecule has 7 heteroatoms. The van der Waals surface area contributed by atoms with E-state index in [1.165, 1.54) is 23.0 Å². The largest absolute Gasteiger partial charge is 0.369 e. The molecule has 1 saturated heterocycles. The standard InChI is InChI=1S/C26H28Cl2N4O/c27-12-15-30(16-13-28)21-7-8-24-22(18-21)29-25-11-14-31-23(9-10-26(31)32(24)25)20-5-3-19(4-6-20)2-1-17-33/h1-8,17-18,23,26H,9-16H2/b2-1+. The highest BCUT2D eigenvalue weighted by molar-refractivity contribution is 6.18. The van der Waals surface area contributed by atoms with Crippen molar-refractivity contribution in [3.8, 4) is 0 Å². The van der Waals surface area contributed by atoms with Gasteiger partial charge in [0.2, 0.25) is 0 Å². The van der Waals surface area contributed by atoms with Crippen LogP contribution in [0.25, 0.3) is 17.1 Å². The minimum atomic E-state index is 0.339. The molecular formula is C26H28Cl2N4O. The normalized spacial score (nSPS) is 20.3. The van der Waals surface area contributed by atoms with Gasteiger partial charge >= 0.3 is 0 Å². The number of hydrogen-bond acceptors (Lipinski definition) is 4. The average molecular weight is 483 g/mol. The van der Waals surface area contributed by atoms with Crippen molar-refractivity contribution >= 4 is 52.3 Å². The number of fused-ring (bicyclic) bond motifs is 5. The van der Waals surface area contributed by atoms with E-state index in [4.69, 9.17) is 28.2 Å². The van der Waals surface area contributed by atoms with Crippen LogP contribution in [-0.2, 0) is 11.2 Å². The maximum Gasteiger partial charge on any atom is 0.142 e. The van der Waals surface area contributed by atoms with E-state index in [9.17, 15) is 4.79 Å². The van der Waals surface area contributed by atoms with Gasteiger partial charge in [-0.1, -0.05) is 30.3 Å². The van der Waals surface area contributed by atoms with Gasteiger partial charge in [0.15, 0.2) is 0 Å². The number of carbonyl (C=O) groups excluding carboxylic acids is 1. The Balaban J connectivity index is 1.42. The fraction of sp³-hybridized carbons (Fsp3) is 0.385. The molecule has 2 unspecified atom stereocenters. The number of carbonyl (C=O) groups is 1. The molecule has 2 atom stereocenters. The van der Waals surface area contributed by atoms with Crippen molar-refractivity contribution in [3.05, 3.63) is 65.5 Å². The molecule has 1 fully saturated rings. The summed E-state index contributed by atoms with van der Waals surface area (Å²) in [5.74, 6) is 2.32. The number of anilines is 1. The summed E-state index contributed by atoms with van der Waals surface area (Å²) in [6, 6.07) is 15.6. The number of rotatable bonds is 8. The van der Waals surface area contributed by atoms with Gasteiger partial charge in [-0.15, -0.1) is 23.2 Å². The van der Waals surface area contributed by atoms with E-state index in [-0.39, 0.29) is 0 Å². The lowest BCUT2D eigenvalue weighted by Gasteiger charge is -2.36. The zero-order valence-corrected chi connectivity index (χ0v) is 20.0. The molecule has 0 spiro atoms. The van der Waals surface area contributed by atoms with Crippen molar-refractivity contribution in [2.24, 2.45) is 0 Å². The first-order valence-electron chi connectivity index (χ1n) is 11.6. The van der Waals surface area contributed by atoms with Crippen LogP contribution in [0.3, 0.4) is 0 Å².